The van der Waals surface area contributed by atoms with E-state index in [1.165, 1.54) is 0 Å². The molecule has 0 saturated heterocycles. The van der Waals surface area contributed by atoms with Gasteiger partial charge in [0.2, 0.25) is 0 Å². The van der Waals surface area contributed by atoms with E-state index in [2.05, 4.69) is 15.9 Å². The van der Waals surface area contributed by atoms with Gasteiger partial charge in [0.25, 0.3) is 0 Å². The third-order valence-electron chi connectivity index (χ3n) is 5.65. The van der Waals surface area contributed by atoms with Gasteiger partial charge < -0.3 is 14.7 Å². The Balaban J connectivity index is 2.08. The van der Waals surface area contributed by atoms with E-state index in [0.29, 0.717) is 5.76 Å². The van der Waals surface area contributed by atoms with Crippen LogP contribution in [0.4, 0.5) is 4.79 Å². The quantitative estimate of drug-likeness (QED) is 0.311. The van der Waals surface area contributed by atoms with Crippen LogP contribution in [0.5, 0.6) is 0 Å². The van der Waals surface area contributed by atoms with Gasteiger partial charge in [-0.05, 0) is 57.0 Å². The predicted octanol–water partition coefficient (Wildman–Crippen LogP) is 7.56. The lowest BCUT2D eigenvalue weighted by Crippen LogP contribution is -2.42. The first-order valence-electron chi connectivity index (χ1n) is 11.5. The van der Waals surface area contributed by atoms with E-state index in [4.69, 9.17) is 4.74 Å². The molecule has 1 amide bonds. The van der Waals surface area contributed by atoms with Gasteiger partial charge in [0.05, 0.1) is 6.10 Å². The van der Waals surface area contributed by atoms with Crippen molar-refractivity contribution < 1.29 is 14.6 Å². The van der Waals surface area contributed by atoms with Gasteiger partial charge in [0.15, 0.2) is 0 Å². The van der Waals surface area contributed by atoms with Crippen LogP contribution in [0.25, 0.3) is 5.76 Å². The van der Waals surface area contributed by atoms with Gasteiger partial charge in [-0.25, -0.2) is 4.79 Å². The van der Waals surface area contributed by atoms with E-state index in [1.54, 1.807) is 4.90 Å². The molecule has 0 unspecified atom stereocenters. The predicted molar refractivity (Wildman–Crippen MR) is 141 cm³/mol. The molecule has 3 aromatic carbocycles. The molecule has 0 aliphatic rings. The number of carbonyl (C=O) groups is 1. The first-order valence-corrected chi connectivity index (χ1v) is 12.3. The van der Waals surface area contributed by atoms with Crippen LogP contribution in [-0.4, -0.2) is 28.2 Å². The van der Waals surface area contributed by atoms with Crippen LogP contribution in [0.3, 0.4) is 0 Å². The fraction of sp³-hybridized carbons (Fsp3) is 0.276. The Labute approximate surface area is 211 Å². The molecule has 34 heavy (non-hydrogen) atoms. The average Bonchev–Trinajstić information content (AvgIpc) is 2.82. The van der Waals surface area contributed by atoms with Gasteiger partial charge in [0.1, 0.15) is 5.76 Å². The second kappa shape index (κ2) is 12.0. The lowest BCUT2D eigenvalue weighted by Gasteiger charge is -2.30. The molecule has 5 heteroatoms. The molecule has 3 aromatic rings. The van der Waals surface area contributed by atoms with Crippen molar-refractivity contribution in [3.63, 3.8) is 0 Å². The molecule has 0 fully saturated rings. The van der Waals surface area contributed by atoms with Crippen LogP contribution in [0.15, 0.2) is 95.5 Å². The van der Waals surface area contributed by atoms with Gasteiger partial charge in [-0.1, -0.05) is 88.7 Å². The summed E-state index contributed by atoms with van der Waals surface area (Å²) in [7, 11) is 0. The molecule has 0 spiro atoms. The number of rotatable bonds is 8. The monoisotopic (exact) mass is 521 g/mol. The molecule has 0 aromatic heterocycles. The van der Waals surface area contributed by atoms with Crippen LogP contribution < -0.4 is 0 Å². The van der Waals surface area contributed by atoms with Crippen molar-refractivity contribution in [1.29, 1.82) is 0 Å². The summed E-state index contributed by atoms with van der Waals surface area (Å²) in [6.07, 6.45) is 0.609. The topological polar surface area (TPSA) is 49.8 Å². The number of amides is 1. The highest BCUT2D eigenvalue weighted by atomic mass is 79.9. The molecule has 0 radical (unpaired) electrons. The van der Waals surface area contributed by atoms with Crippen molar-refractivity contribution in [2.24, 2.45) is 0 Å². The summed E-state index contributed by atoms with van der Waals surface area (Å²) < 4.78 is 6.95. The number of carbonyl (C=O) groups excluding carboxylic acids is 1. The summed E-state index contributed by atoms with van der Waals surface area (Å²) in [5.41, 5.74) is 2.47. The zero-order valence-corrected chi connectivity index (χ0v) is 21.6. The van der Waals surface area contributed by atoms with Crippen LogP contribution in [-0.2, 0) is 4.74 Å². The Morgan fingerprint density at radius 2 is 1.35 bits per heavy atom. The number of benzene rings is 3. The zero-order valence-electron chi connectivity index (χ0n) is 20.1. The fourth-order valence-electron chi connectivity index (χ4n) is 4.03. The summed E-state index contributed by atoms with van der Waals surface area (Å²) in [6.45, 7) is 7.88. The molecule has 0 saturated carbocycles. The molecule has 2 atom stereocenters. The minimum atomic E-state index is -0.834. The number of ether oxygens (including phenoxy) is 1. The number of nitrogens with zero attached hydrogens (tertiary/aromatic N) is 1. The number of halogens is 1. The maximum absolute atomic E-state index is 13.2. The van der Waals surface area contributed by atoms with Crippen molar-refractivity contribution >= 4 is 27.8 Å². The Morgan fingerprint density at radius 3 is 1.88 bits per heavy atom. The Morgan fingerprint density at radius 1 is 0.824 bits per heavy atom. The number of hydrogen-bond acceptors (Lipinski definition) is 3. The maximum atomic E-state index is 13.2. The van der Waals surface area contributed by atoms with Crippen molar-refractivity contribution in [1.82, 2.24) is 4.90 Å². The summed E-state index contributed by atoms with van der Waals surface area (Å²) in [6, 6.07) is 26.9. The summed E-state index contributed by atoms with van der Waals surface area (Å²) in [4.78, 5) is 14.9. The van der Waals surface area contributed by atoms with Crippen LogP contribution >= 0.6 is 15.9 Å². The van der Waals surface area contributed by atoms with E-state index >= 15 is 0 Å². The summed E-state index contributed by atoms with van der Waals surface area (Å²) in [5, 5.41) is 11.4. The summed E-state index contributed by atoms with van der Waals surface area (Å²) in [5.74, 6) is -0.0150. The van der Waals surface area contributed by atoms with Gasteiger partial charge in [-0.15, -0.1) is 0 Å². The number of aliphatic hydroxyl groups excluding tert-OH is 1. The fourth-order valence-corrected chi connectivity index (χ4v) is 4.30. The Bertz CT molecular complexity index is 1070. The molecule has 0 heterocycles. The zero-order chi connectivity index (χ0) is 24.7. The Kier molecular flexibility index (Phi) is 9.08. The first kappa shape index (κ1) is 25.7. The second-order valence-corrected chi connectivity index (χ2v) is 9.71. The highest BCUT2D eigenvalue weighted by Crippen LogP contribution is 2.35. The number of hydrogen-bond donors (Lipinski definition) is 1. The molecule has 0 aliphatic carbocycles. The lowest BCUT2D eigenvalue weighted by molar-refractivity contribution is 0.113. The molecule has 178 valence electrons. The van der Waals surface area contributed by atoms with Crippen molar-refractivity contribution in [3.8, 4) is 0 Å². The van der Waals surface area contributed by atoms with Crippen molar-refractivity contribution in [2.75, 3.05) is 0 Å². The van der Waals surface area contributed by atoms with E-state index in [-0.39, 0.29) is 12.1 Å². The van der Waals surface area contributed by atoms with Crippen LogP contribution in [0, 0.1) is 0 Å². The molecule has 3 rings (SSSR count). The summed E-state index contributed by atoms with van der Waals surface area (Å²) >= 11 is 3.46. The molecule has 4 nitrogen and oxygen atoms in total. The van der Waals surface area contributed by atoms with Crippen molar-refractivity contribution in [2.45, 2.75) is 51.8 Å². The van der Waals surface area contributed by atoms with E-state index in [0.717, 1.165) is 21.2 Å². The normalized spacial score (nSPS) is 13.6. The molecule has 1 N–H and O–H groups in total. The average molecular weight is 522 g/mol. The lowest BCUT2D eigenvalue weighted by atomic mass is 9.88. The second-order valence-electron chi connectivity index (χ2n) is 8.79. The van der Waals surface area contributed by atoms with E-state index in [1.807, 2.05) is 119 Å². The van der Waals surface area contributed by atoms with E-state index in [9.17, 15) is 9.90 Å². The molecule has 0 bridgehead atoms. The van der Waals surface area contributed by atoms with Gasteiger partial charge in [0, 0.05) is 28.0 Å². The van der Waals surface area contributed by atoms with Crippen molar-refractivity contribution in [3.05, 3.63) is 112 Å². The third-order valence-corrected chi connectivity index (χ3v) is 6.17. The Hall–Kier alpha value is -2.89. The highest BCUT2D eigenvalue weighted by Gasteiger charge is 2.26. The minimum absolute atomic E-state index is 0.0113. The van der Waals surface area contributed by atoms with E-state index < -0.39 is 18.1 Å². The van der Waals surface area contributed by atoms with Gasteiger partial charge >= 0.3 is 6.09 Å². The minimum Gasteiger partial charge on any atom is -0.410 e. The van der Waals surface area contributed by atoms with Gasteiger partial charge in [-0.3, -0.25) is 0 Å². The SMILES string of the molecule is CC(C)N(C(=O)O/C(=C\[C@H](c1ccccc1)[C@H](O)c1ccc(Br)cc1)c1ccccc1)C(C)C. The highest BCUT2D eigenvalue weighted by molar-refractivity contribution is 9.10. The smallest absolute Gasteiger partial charge is 0.410 e. The molecular formula is C29H32BrNO3. The van der Waals surface area contributed by atoms with Gasteiger partial charge in [-0.2, -0.15) is 0 Å². The third kappa shape index (κ3) is 6.58. The first-order chi connectivity index (χ1) is 16.3. The molecule has 0 aliphatic heterocycles. The van der Waals surface area contributed by atoms with Crippen LogP contribution in [0.2, 0.25) is 0 Å². The number of aliphatic hydroxyl groups is 1. The van der Waals surface area contributed by atoms with Crippen LogP contribution in [0.1, 0.15) is 56.4 Å². The maximum Gasteiger partial charge on any atom is 0.415 e. The largest absolute Gasteiger partial charge is 0.415 e. The standard InChI is InChI=1S/C29H32BrNO3/c1-20(2)31(21(3)4)29(33)34-27(23-13-9-6-10-14-23)19-26(22-11-7-5-8-12-22)28(32)24-15-17-25(30)18-16-24/h5-21,26,28,32H,1-4H3/b27-19-/t26-,28-/m1/s1. The molecular weight excluding hydrogens is 490 g/mol.